The van der Waals surface area contributed by atoms with Gasteiger partial charge in [-0.25, -0.2) is 9.59 Å². The molecule has 0 bridgehead atoms. The van der Waals surface area contributed by atoms with Crippen LogP contribution in [-0.2, 0) is 28.4 Å². The van der Waals surface area contributed by atoms with Gasteiger partial charge in [-0.05, 0) is 12.8 Å². The van der Waals surface area contributed by atoms with Crippen molar-refractivity contribution in [2.75, 3.05) is 80.8 Å². The number of amides is 4. The first kappa shape index (κ1) is 28.5. The highest BCUT2D eigenvalue weighted by Gasteiger charge is 2.59. The van der Waals surface area contributed by atoms with Crippen molar-refractivity contribution in [2.24, 2.45) is 0 Å². The fourth-order valence-electron chi connectivity index (χ4n) is 3.83. The van der Waals surface area contributed by atoms with Crippen LogP contribution in [0.25, 0.3) is 0 Å². The average Bonchev–Trinajstić information content (AvgIpc) is 3.24. The zero-order chi connectivity index (χ0) is 24.8. The number of rotatable bonds is 20. The molecule has 0 radical (unpaired) electrons. The zero-order valence-electron chi connectivity index (χ0n) is 21.1. The predicted molar refractivity (Wildman–Crippen MR) is 123 cm³/mol. The lowest BCUT2D eigenvalue weighted by atomic mass is 10.3. The molecular formula is C22H42N4O8. The molecule has 0 saturated carbocycles. The lowest BCUT2D eigenvalue weighted by Crippen LogP contribution is -2.48. The van der Waals surface area contributed by atoms with Crippen LogP contribution in [0.2, 0.25) is 0 Å². The first-order chi connectivity index (χ1) is 16.6. The third-order valence-electron chi connectivity index (χ3n) is 5.55. The quantitative estimate of drug-likeness (QED) is 0.239. The summed E-state index contributed by atoms with van der Waals surface area (Å²) in [5, 5.41) is 0. The second kappa shape index (κ2) is 16.1. The fraction of sp³-hybridized carbons (Fsp3) is 0.909. The van der Waals surface area contributed by atoms with Gasteiger partial charge < -0.3 is 28.4 Å². The SMILES string of the molecule is CCCCOCCOCN1C(=O)N(COCCOCCCC)C2C1N(COC)C(=O)N2COC. The minimum atomic E-state index is -0.597. The second-order valence-electron chi connectivity index (χ2n) is 8.11. The Labute approximate surface area is 202 Å². The normalized spacial score (nSPS) is 20.2. The van der Waals surface area contributed by atoms with Crippen LogP contribution >= 0.6 is 0 Å². The van der Waals surface area contributed by atoms with Gasteiger partial charge in [-0.2, -0.15) is 0 Å². The molecule has 0 spiro atoms. The maximum atomic E-state index is 13.3. The van der Waals surface area contributed by atoms with E-state index in [1.165, 1.54) is 33.8 Å². The molecule has 2 unspecified atom stereocenters. The molecule has 0 aromatic carbocycles. The van der Waals surface area contributed by atoms with Crippen LogP contribution in [0.15, 0.2) is 0 Å². The van der Waals surface area contributed by atoms with Gasteiger partial charge in [-0.15, -0.1) is 0 Å². The number of hydrogen-bond donors (Lipinski definition) is 0. The molecule has 2 rings (SSSR count). The summed E-state index contributed by atoms with van der Waals surface area (Å²) in [4.78, 5) is 32.4. The number of urea groups is 2. The Balaban J connectivity index is 2.01. The number of hydrogen-bond acceptors (Lipinski definition) is 8. The minimum absolute atomic E-state index is 0.0160. The maximum absolute atomic E-state index is 13.3. The number of nitrogens with zero attached hydrogens (tertiary/aromatic N) is 4. The van der Waals surface area contributed by atoms with Crippen molar-refractivity contribution in [1.82, 2.24) is 19.6 Å². The summed E-state index contributed by atoms with van der Waals surface area (Å²) < 4.78 is 33.0. The van der Waals surface area contributed by atoms with Gasteiger partial charge in [0.25, 0.3) is 0 Å². The predicted octanol–water partition coefficient (Wildman–Crippen LogP) is 1.90. The van der Waals surface area contributed by atoms with Crippen molar-refractivity contribution in [1.29, 1.82) is 0 Å². The molecule has 12 nitrogen and oxygen atoms in total. The van der Waals surface area contributed by atoms with Crippen LogP contribution in [0.1, 0.15) is 39.5 Å². The van der Waals surface area contributed by atoms with Gasteiger partial charge >= 0.3 is 12.1 Å². The molecule has 2 aliphatic rings. The van der Waals surface area contributed by atoms with E-state index in [0.717, 1.165) is 25.7 Å². The topological polar surface area (TPSA) is 102 Å². The Hall–Kier alpha value is -1.70. The highest BCUT2D eigenvalue weighted by atomic mass is 16.5. The number of unbranched alkanes of at least 4 members (excludes halogenated alkanes) is 2. The third-order valence-corrected chi connectivity index (χ3v) is 5.55. The minimum Gasteiger partial charge on any atom is -0.379 e. The van der Waals surface area contributed by atoms with Crippen molar-refractivity contribution in [3.8, 4) is 0 Å². The van der Waals surface area contributed by atoms with E-state index in [1.807, 2.05) is 0 Å². The molecule has 2 atom stereocenters. The highest BCUT2D eigenvalue weighted by molar-refractivity contribution is 5.85. The van der Waals surface area contributed by atoms with Crippen molar-refractivity contribution in [3.05, 3.63) is 0 Å². The van der Waals surface area contributed by atoms with Crippen molar-refractivity contribution < 1.29 is 38.0 Å². The molecule has 2 aliphatic heterocycles. The van der Waals surface area contributed by atoms with E-state index in [1.54, 1.807) is 0 Å². The van der Waals surface area contributed by atoms with Crippen LogP contribution < -0.4 is 0 Å². The average molecular weight is 491 g/mol. The van der Waals surface area contributed by atoms with Gasteiger partial charge in [0.2, 0.25) is 0 Å². The van der Waals surface area contributed by atoms with E-state index >= 15 is 0 Å². The van der Waals surface area contributed by atoms with Crippen LogP contribution in [0.5, 0.6) is 0 Å². The number of carbonyl (C=O) groups excluding carboxylic acids is 2. The van der Waals surface area contributed by atoms with Crippen molar-refractivity contribution in [3.63, 3.8) is 0 Å². The van der Waals surface area contributed by atoms with E-state index in [4.69, 9.17) is 28.4 Å². The highest BCUT2D eigenvalue weighted by Crippen LogP contribution is 2.34. The van der Waals surface area contributed by atoms with Crippen LogP contribution in [-0.4, -0.2) is 125 Å². The first-order valence-electron chi connectivity index (χ1n) is 12.1. The summed E-state index contributed by atoms with van der Waals surface area (Å²) in [6.07, 6.45) is 2.93. The van der Waals surface area contributed by atoms with Crippen LogP contribution in [0, 0.1) is 0 Å². The Kier molecular flexibility index (Phi) is 13.5. The third kappa shape index (κ3) is 7.65. The van der Waals surface area contributed by atoms with E-state index in [9.17, 15) is 9.59 Å². The molecule has 12 heteroatoms. The van der Waals surface area contributed by atoms with Gasteiger partial charge in [0.1, 0.15) is 26.9 Å². The molecule has 2 fully saturated rings. The molecule has 0 aromatic heterocycles. The fourth-order valence-corrected chi connectivity index (χ4v) is 3.83. The summed E-state index contributed by atoms with van der Waals surface area (Å²) in [6, 6.07) is -0.574. The van der Waals surface area contributed by atoms with Crippen molar-refractivity contribution in [2.45, 2.75) is 51.9 Å². The van der Waals surface area contributed by atoms with Gasteiger partial charge in [-0.1, -0.05) is 26.7 Å². The zero-order valence-corrected chi connectivity index (χ0v) is 21.1. The van der Waals surface area contributed by atoms with E-state index < -0.39 is 12.3 Å². The summed E-state index contributed by atoms with van der Waals surface area (Å²) in [5.74, 6) is 0. The lowest BCUT2D eigenvalue weighted by molar-refractivity contribution is -0.0388. The second-order valence-corrected chi connectivity index (χ2v) is 8.11. The number of fused-ring (bicyclic) bond motifs is 1. The molecule has 0 N–H and O–H groups in total. The molecule has 0 aromatic rings. The largest absolute Gasteiger partial charge is 0.379 e. The molecular weight excluding hydrogens is 448 g/mol. The summed E-state index contributed by atoms with van der Waals surface area (Å²) in [5.41, 5.74) is 0. The van der Waals surface area contributed by atoms with E-state index in [2.05, 4.69) is 13.8 Å². The van der Waals surface area contributed by atoms with E-state index in [0.29, 0.717) is 39.6 Å². The summed E-state index contributed by atoms with van der Waals surface area (Å²) in [7, 11) is 3.01. The first-order valence-corrected chi connectivity index (χ1v) is 12.1. The molecule has 0 aliphatic carbocycles. The molecule has 4 amide bonds. The van der Waals surface area contributed by atoms with E-state index in [-0.39, 0.29) is 39.0 Å². The molecule has 2 saturated heterocycles. The Morgan fingerprint density at radius 2 is 0.912 bits per heavy atom. The number of ether oxygens (including phenoxy) is 6. The Bertz CT molecular complexity index is 553. The smallest absolute Gasteiger partial charge is 0.327 e. The Morgan fingerprint density at radius 3 is 1.26 bits per heavy atom. The maximum Gasteiger partial charge on any atom is 0.327 e. The van der Waals surface area contributed by atoms with Gasteiger partial charge in [0.05, 0.1) is 26.4 Å². The number of carbonyl (C=O) groups is 2. The van der Waals surface area contributed by atoms with Gasteiger partial charge in [-0.3, -0.25) is 19.6 Å². The summed E-state index contributed by atoms with van der Waals surface area (Å²) in [6.45, 7) is 7.24. The van der Waals surface area contributed by atoms with Gasteiger partial charge in [0, 0.05) is 27.4 Å². The molecule has 2 heterocycles. The van der Waals surface area contributed by atoms with Crippen LogP contribution in [0.3, 0.4) is 0 Å². The molecule has 198 valence electrons. The lowest BCUT2D eigenvalue weighted by Gasteiger charge is -2.29. The van der Waals surface area contributed by atoms with Gasteiger partial charge in [0.15, 0.2) is 12.3 Å². The van der Waals surface area contributed by atoms with Crippen molar-refractivity contribution >= 4 is 12.1 Å². The molecule has 34 heavy (non-hydrogen) atoms. The Morgan fingerprint density at radius 1 is 0.559 bits per heavy atom. The summed E-state index contributed by atoms with van der Waals surface area (Å²) >= 11 is 0. The monoisotopic (exact) mass is 490 g/mol. The number of methoxy groups -OCH3 is 2. The standard InChI is InChI=1S/C22H42N4O8/c1-5-7-9-31-11-13-33-17-25-19-20(24(16-30-4)21(27)23(19)15-29-3)26(22(25)28)18-34-14-12-32-10-8-6-2/h19-20H,5-18H2,1-4H3. The van der Waals surface area contributed by atoms with Crippen LogP contribution in [0.4, 0.5) is 9.59 Å².